The lowest BCUT2D eigenvalue weighted by atomic mass is 10.1. The van der Waals surface area contributed by atoms with Crippen LogP contribution in [0.4, 0.5) is 34.4 Å². The Morgan fingerprint density at radius 3 is 1.39 bits per heavy atom. The Kier molecular flexibility index (Phi) is 22.3. The van der Waals surface area contributed by atoms with Gasteiger partial charge in [0.25, 0.3) is 0 Å². The van der Waals surface area contributed by atoms with E-state index in [1.807, 2.05) is 74.4 Å². The third kappa shape index (κ3) is 18.8. The molecular weight excluding hydrogens is 1140 g/mol. The number of nitrogens with two attached hydrogens (primary N) is 1. The van der Waals surface area contributed by atoms with Crippen molar-refractivity contribution in [3.63, 3.8) is 0 Å². The van der Waals surface area contributed by atoms with E-state index in [0.29, 0.717) is 73.4 Å². The quantitative estimate of drug-likeness (QED) is 0.0315. The molecule has 0 aliphatic carbocycles. The molecule has 23 nitrogen and oxygen atoms in total. The number of nitrogens with one attached hydrogen (secondary N) is 5. The Bertz CT molecular complexity index is 3740. The van der Waals surface area contributed by atoms with Gasteiger partial charge in [0.1, 0.15) is 35.6 Å². The number of morpholine rings is 2. The van der Waals surface area contributed by atoms with Crippen molar-refractivity contribution < 1.29 is 41.0 Å². The van der Waals surface area contributed by atoms with Gasteiger partial charge in [0.05, 0.1) is 48.7 Å². The maximum Gasteiger partial charge on any atom is 0.328 e. The number of benzene rings is 4. The lowest BCUT2D eigenvalue weighted by Crippen LogP contribution is -2.36. The second kappa shape index (κ2) is 29.7. The highest BCUT2D eigenvalue weighted by atomic mass is 35.5. The number of amides is 1. The van der Waals surface area contributed by atoms with Gasteiger partial charge in [-0.2, -0.15) is 0 Å². The largest absolute Gasteiger partial charge is 0.478 e. The molecule has 2 saturated heterocycles. The molecule has 4 aromatic heterocycles. The SMILES string of the molecule is CN(C)C/C=C/C(=O)Nc1ccc(CS(=O)(=O)Nc2ccc(-c3cc4c(N5CCOCC5)ncnc4[nH]3)cc2)cc1.CN(C)C/C=C/C(=O)O.Cl.Nc1ccc(CS(=O)(=O)Nc2ccc(-c3cc4c(N5CCOCC5)ncnc4[nH]3)cc2)cc1. The third-order valence-corrected chi connectivity index (χ3v) is 15.3. The fourth-order valence-electron chi connectivity index (χ4n) is 8.74. The van der Waals surface area contributed by atoms with Crippen molar-refractivity contribution >= 4 is 101 Å². The Morgan fingerprint density at radius 1 is 0.595 bits per heavy atom. The molecule has 4 aromatic carbocycles. The summed E-state index contributed by atoms with van der Waals surface area (Å²) in [6.07, 6.45) is 9.10. The number of carboxylic acid groups (broad SMARTS) is 1. The third-order valence-electron chi connectivity index (χ3n) is 12.8. The molecular formula is C58H69ClN14O9S2. The lowest BCUT2D eigenvalue weighted by Gasteiger charge is -2.27. The summed E-state index contributed by atoms with van der Waals surface area (Å²) in [5.41, 5.74) is 14.2. The summed E-state index contributed by atoms with van der Waals surface area (Å²) in [6, 6.07) is 32.0. The second-order valence-corrected chi connectivity index (χ2v) is 23.4. The molecule has 6 heterocycles. The number of aromatic amines is 2. The molecule has 8 aromatic rings. The van der Waals surface area contributed by atoms with Crippen LogP contribution >= 0.6 is 12.4 Å². The fourth-order valence-corrected chi connectivity index (χ4v) is 11.1. The summed E-state index contributed by atoms with van der Waals surface area (Å²) in [5.74, 6) is 0.305. The van der Waals surface area contributed by atoms with Crippen LogP contribution in [0.15, 0.2) is 146 Å². The van der Waals surface area contributed by atoms with Gasteiger partial charge < -0.3 is 55.2 Å². The Balaban J connectivity index is 0.000000211. The summed E-state index contributed by atoms with van der Waals surface area (Å²) in [6.45, 7) is 7.15. The molecule has 84 heavy (non-hydrogen) atoms. The molecule has 0 saturated carbocycles. The van der Waals surface area contributed by atoms with Crippen LogP contribution in [0.5, 0.6) is 0 Å². The maximum atomic E-state index is 12.8. The van der Waals surface area contributed by atoms with E-state index in [1.54, 1.807) is 97.6 Å². The molecule has 444 valence electrons. The van der Waals surface area contributed by atoms with Gasteiger partial charge in [0, 0.05) is 85.6 Å². The maximum absolute atomic E-state index is 12.8. The first-order valence-corrected chi connectivity index (χ1v) is 29.8. The van der Waals surface area contributed by atoms with E-state index in [9.17, 15) is 26.4 Å². The van der Waals surface area contributed by atoms with Crippen LogP contribution < -0.4 is 30.3 Å². The van der Waals surface area contributed by atoms with Crippen molar-refractivity contribution in [2.45, 2.75) is 11.5 Å². The number of hydrogen-bond acceptors (Lipinski definition) is 17. The zero-order valence-corrected chi connectivity index (χ0v) is 49.4. The molecule has 0 bridgehead atoms. The number of halogens is 1. The van der Waals surface area contributed by atoms with Crippen molar-refractivity contribution in [3.05, 3.63) is 157 Å². The monoisotopic (exact) mass is 1200 g/mol. The van der Waals surface area contributed by atoms with Gasteiger partial charge in [-0.15, -0.1) is 12.4 Å². The van der Waals surface area contributed by atoms with Gasteiger partial charge in [-0.1, -0.05) is 60.7 Å². The van der Waals surface area contributed by atoms with E-state index in [4.69, 9.17) is 20.3 Å². The zero-order chi connectivity index (χ0) is 58.9. The van der Waals surface area contributed by atoms with E-state index >= 15 is 0 Å². The number of fused-ring (bicyclic) bond motifs is 2. The summed E-state index contributed by atoms with van der Waals surface area (Å²) in [7, 11) is 0.395. The summed E-state index contributed by atoms with van der Waals surface area (Å²) < 4.78 is 66.9. The molecule has 0 spiro atoms. The fraction of sp³-hybridized carbons (Fsp3) is 0.276. The zero-order valence-electron chi connectivity index (χ0n) is 46.9. The number of aliphatic carboxylic acids is 1. The molecule has 0 unspecified atom stereocenters. The number of carbonyl (C=O) groups excluding carboxylic acids is 1. The number of aromatic nitrogens is 6. The standard InChI is InChI=1S/C29H33N7O4S.C23H24N6O3S.C6H11NO2.ClH/c1-35(2)13-3-4-27(37)32-23-9-5-21(6-10-23)19-41(38,39)34-24-11-7-22(8-12-24)26-18-25-28(33-26)30-20-31-29(25)36-14-16-40-17-15-36;24-18-5-1-16(2-6-18)14-33(30,31)28-19-7-3-17(4-8-19)21-13-20-22(27-21)25-15-26-23(20)29-9-11-32-12-10-29;1-7(2)5-3-4-6(8)9;/h3-12,18,20,34H,13-17,19H2,1-2H3,(H,32,37)(H,30,31,33);1-8,13,15,28H,9-12,14,24H2,(H,25,26,27);3-4H,5H2,1-2H3,(H,8,9);1H/b4-3+;;4-3+;. The van der Waals surface area contributed by atoms with E-state index in [2.05, 4.69) is 54.5 Å². The number of carboxylic acids is 1. The van der Waals surface area contributed by atoms with Crippen molar-refractivity contribution in [3.8, 4) is 22.5 Å². The van der Waals surface area contributed by atoms with Crippen LogP contribution in [0.3, 0.4) is 0 Å². The second-order valence-electron chi connectivity index (χ2n) is 20.0. The average molecular weight is 1210 g/mol. The van der Waals surface area contributed by atoms with E-state index in [0.717, 1.165) is 88.5 Å². The van der Waals surface area contributed by atoms with E-state index in [1.165, 1.54) is 6.08 Å². The summed E-state index contributed by atoms with van der Waals surface area (Å²) in [5, 5.41) is 12.8. The number of rotatable bonds is 19. The normalized spacial score (nSPS) is 13.8. The van der Waals surface area contributed by atoms with Gasteiger partial charge >= 0.3 is 5.97 Å². The number of ether oxygens (including phenoxy) is 2. The minimum absolute atomic E-state index is 0. The minimum Gasteiger partial charge on any atom is -0.478 e. The first-order chi connectivity index (χ1) is 39.8. The van der Waals surface area contributed by atoms with E-state index in [-0.39, 0.29) is 29.8 Å². The summed E-state index contributed by atoms with van der Waals surface area (Å²) >= 11 is 0. The smallest absolute Gasteiger partial charge is 0.328 e. The number of carbonyl (C=O) groups is 2. The Hall–Kier alpha value is -8.43. The number of sulfonamides is 2. The van der Waals surface area contributed by atoms with Gasteiger partial charge in [0.2, 0.25) is 26.0 Å². The van der Waals surface area contributed by atoms with Crippen molar-refractivity contribution in [2.24, 2.45) is 0 Å². The summed E-state index contributed by atoms with van der Waals surface area (Å²) in [4.78, 5) is 54.5. The number of anilines is 6. The van der Waals surface area contributed by atoms with Crippen LogP contribution in [0.25, 0.3) is 44.6 Å². The van der Waals surface area contributed by atoms with Gasteiger partial charge in [-0.05, 0) is 111 Å². The highest BCUT2D eigenvalue weighted by Crippen LogP contribution is 2.32. The van der Waals surface area contributed by atoms with Crippen LogP contribution in [-0.2, 0) is 50.6 Å². The Labute approximate surface area is 494 Å². The molecule has 2 aliphatic heterocycles. The molecule has 26 heteroatoms. The van der Waals surface area contributed by atoms with Gasteiger partial charge in [-0.3, -0.25) is 14.2 Å². The van der Waals surface area contributed by atoms with Crippen molar-refractivity contribution in [1.82, 2.24) is 39.7 Å². The highest BCUT2D eigenvalue weighted by molar-refractivity contribution is 7.92. The van der Waals surface area contributed by atoms with Crippen LogP contribution in [0, 0.1) is 0 Å². The molecule has 8 N–H and O–H groups in total. The molecule has 10 rings (SSSR count). The van der Waals surface area contributed by atoms with Gasteiger partial charge in [0.15, 0.2) is 0 Å². The Morgan fingerprint density at radius 2 is 0.988 bits per heavy atom. The number of H-pyrrole nitrogens is 2. The molecule has 0 radical (unpaired) electrons. The van der Waals surface area contributed by atoms with Crippen molar-refractivity contribution in [2.75, 3.05) is 124 Å². The molecule has 2 fully saturated rings. The first kappa shape index (κ1) is 63.2. The van der Waals surface area contributed by atoms with Gasteiger partial charge in [-0.25, -0.2) is 41.6 Å². The topological polar surface area (TPSA) is 299 Å². The van der Waals surface area contributed by atoms with Crippen LogP contribution in [0.2, 0.25) is 0 Å². The number of hydrogen-bond donors (Lipinski definition) is 7. The average Bonchev–Trinajstić information content (AvgIpc) is 4.32. The number of likely N-dealkylation sites (N-methyl/N-ethyl adjacent to an activating group) is 2. The predicted octanol–water partition coefficient (Wildman–Crippen LogP) is 7.06. The van der Waals surface area contributed by atoms with Crippen LogP contribution in [-0.4, -0.2) is 167 Å². The molecule has 1 amide bonds. The molecule has 0 atom stereocenters. The van der Waals surface area contributed by atoms with Crippen molar-refractivity contribution in [1.29, 1.82) is 0 Å². The van der Waals surface area contributed by atoms with E-state index < -0.39 is 26.0 Å². The van der Waals surface area contributed by atoms with Crippen LogP contribution in [0.1, 0.15) is 11.1 Å². The minimum atomic E-state index is -3.65. The number of nitrogen functional groups attached to an aromatic ring is 1. The first-order valence-electron chi connectivity index (χ1n) is 26.5. The predicted molar refractivity (Wildman–Crippen MR) is 333 cm³/mol. The number of nitrogens with zero attached hydrogens (tertiary/aromatic N) is 8. The lowest BCUT2D eigenvalue weighted by molar-refractivity contribution is -0.131. The highest BCUT2D eigenvalue weighted by Gasteiger charge is 2.20. The molecule has 2 aliphatic rings.